The van der Waals surface area contributed by atoms with Gasteiger partial charge in [0.25, 0.3) is 19.4 Å². The van der Waals surface area contributed by atoms with Crippen LogP contribution in [0.25, 0.3) is 0 Å². The monoisotopic (exact) mass is 246 g/mol. The van der Waals surface area contributed by atoms with Gasteiger partial charge in [-0.2, -0.15) is 0 Å². The van der Waals surface area contributed by atoms with Crippen molar-refractivity contribution in [2.75, 3.05) is 13.2 Å². The average Bonchev–Trinajstić information content (AvgIpc) is 2.34. The third-order valence-electron chi connectivity index (χ3n) is 2.20. The molecule has 1 atom stereocenters. The van der Waals surface area contributed by atoms with Crippen LogP contribution >= 0.6 is 0 Å². The summed E-state index contributed by atoms with van der Waals surface area (Å²) in [7, 11) is 0. The Hall–Kier alpha value is -1.59. The second-order valence-corrected chi connectivity index (χ2v) is 3.45. The molecule has 0 aromatic carbocycles. The summed E-state index contributed by atoms with van der Waals surface area (Å²) in [5, 5.41) is 0. The summed E-state index contributed by atoms with van der Waals surface area (Å²) >= 11 is 0. The Balaban J connectivity index is 3.42. The van der Waals surface area contributed by atoms with E-state index < -0.39 is 0 Å². The van der Waals surface area contributed by atoms with Gasteiger partial charge >= 0.3 is 0 Å². The third-order valence-corrected chi connectivity index (χ3v) is 2.20. The lowest BCUT2D eigenvalue weighted by Gasteiger charge is -2.13. The van der Waals surface area contributed by atoms with E-state index >= 15 is 0 Å². The lowest BCUT2D eigenvalue weighted by Crippen LogP contribution is -2.19. The number of hydrogen-bond donors (Lipinski definition) is 0. The minimum absolute atomic E-state index is 0.0937. The predicted octanol–water partition coefficient (Wildman–Crippen LogP) is 0.825. The van der Waals surface area contributed by atoms with E-state index in [0.29, 0.717) is 32.4 Å². The minimum atomic E-state index is -0.371. The molecule has 6 nitrogen and oxygen atoms in total. The largest absolute Gasteiger partial charge is 0.468 e. The molecule has 0 saturated heterocycles. The Bertz CT molecular complexity index is 206. The van der Waals surface area contributed by atoms with Crippen molar-refractivity contribution in [2.24, 2.45) is 0 Å². The standard InChI is InChI=1S/C11H18O6/c12-8-15-6-4-2-1-3-5-11(17-10-14)7-16-9-13/h8-11H,1-7H2. The van der Waals surface area contributed by atoms with Crippen molar-refractivity contribution in [1.29, 1.82) is 0 Å². The summed E-state index contributed by atoms with van der Waals surface area (Å²) < 4.78 is 13.8. The van der Waals surface area contributed by atoms with E-state index in [1.54, 1.807) is 0 Å². The van der Waals surface area contributed by atoms with Crippen molar-refractivity contribution >= 4 is 19.4 Å². The summed E-state index contributed by atoms with van der Waals surface area (Å²) in [4.78, 5) is 30.0. The number of rotatable bonds is 13. The van der Waals surface area contributed by atoms with Gasteiger partial charge in [-0.05, 0) is 19.3 Å². The van der Waals surface area contributed by atoms with Gasteiger partial charge in [-0.15, -0.1) is 0 Å². The van der Waals surface area contributed by atoms with Crippen LogP contribution in [0, 0.1) is 0 Å². The van der Waals surface area contributed by atoms with Gasteiger partial charge in [-0.25, -0.2) is 0 Å². The van der Waals surface area contributed by atoms with Gasteiger partial charge in [0, 0.05) is 0 Å². The summed E-state index contributed by atoms with van der Waals surface area (Å²) in [6.45, 7) is 1.65. The Morgan fingerprint density at radius 2 is 1.53 bits per heavy atom. The molecule has 0 saturated carbocycles. The molecular formula is C11H18O6. The minimum Gasteiger partial charge on any atom is -0.468 e. The van der Waals surface area contributed by atoms with E-state index in [1.165, 1.54) is 0 Å². The van der Waals surface area contributed by atoms with Crippen LogP contribution in [0.1, 0.15) is 32.1 Å². The Morgan fingerprint density at radius 3 is 2.18 bits per heavy atom. The molecule has 0 aromatic rings. The van der Waals surface area contributed by atoms with Crippen molar-refractivity contribution < 1.29 is 28.6 Å². The Morgan fingerprint density at radius 1 is 0.824 bits per heavy atom. The Labute approximate surface area is 100 Å². The number of hydrogen-bond acceptors (Lipinski definition) is 6. The van der Waals surface area contributed by atoms with Crippen LogP contribution < -0.4 is 0 Å². The summed E-state index contributed by atoms with van der Waals surface area (Å²) in [5.41, 5.74) is 0. The molecule has 0 aliphatic heterocycles. The predicted molar refractivity (Wildman–Crippen MR) is 58.1 cm³/mol. The molecule has 0 N–H and O–H groups in total. The molecule has 0 heterocycles. The number of unbranched alkanes of at least 4 members (excludes halogenated alkanes) is 3. The fourth-order valence-electron chi connectivity index (χ4n) is 1.37. The molecule has 0 aliphatic rings. The number of carbonyl (C=O) groups excluding carboxylic acids is 3. The molecule has 17 heavy (non-hydrogen) atoms. The van der Waals surface area contributed by atoms with Crippen molar-refractivity contribution in [3.05, 3.63) is 0 Å². The maximum absolute atomic E-state index is 10.2. The summed E-state index contributed by atoms with van der Waals surface area (Å²) in [6.07, 6.45) is 3.85. The third kappa shape index (κ3) is 10.7. The van der Waals surface area contributed by atoms with E-state index in [9.17, 15) is 14.4 Å². The molecule has 0 fully saturated rings. The van der Waals surface area contributed by atoms with Gasteiger partial charge < -0.3 is 14.2 Å². The molecule has 1 unspecified atom stereocenters. The fraction of sp³-hybridized carbons (Fsp3) is 0.727. The van der Waals surface area contributed by atoms with Crippen molar-refractivity contribution in [2.45, 2.75) is 38.2 Å². The average molecular weight is 246 g/mol. The van der Waals surface area contributed by atoms with Crippen LogP contribution in [0.4, 0.5) is 0 Å². The number of carbonyl (C=O) groups is 3. The first kappa shape index (κ1) is 15.4. The van der Waals surface area contributed by atoms with Gasteiger partial charge in [0.1, 0.15) is 12.7 Å². The zero-order valence-corrected chi connectivity index (χ0v) is 9.71. The quantitative estimate of drug-likeness (QED) is 0.272. The smallest absolute Gasteiger partial charge is 0.293 e. The lowest BCUT2D eigenvalue weighted by molar-refractivity contribution is -0.143. The highest BCUT2D eigenvalue weighted by Gasteiger charge is 2.09. The molecule has 0 aromatic heterocycles. The summed E-state index contributed by atoms with van der Waals surface area (Å²) in [5.74, 6) is 0. The zero-order chi connectivity index (χ0) is 12.8. The first-order valence-corrected chi connectivity index (χ1v) is 5.54. The highest BCUT2D eigenvalue weighted by atomic mass is 16.6. The maximum Gasteiger partial charge on any atom is 0.293 e. The fourth-order valence-corrected chi connectivity index (χ4v) is 1.37. The molecule has 98 valence electrons. The molecule has 0 spiro atoms. The van der Waals surface area contributed by atoms with Gasteiger partial charge in [-0.1, -0.05) is 12.8 Å². The lowest BCUT2D eigenvalue weighted by atomic mass is 10.1. The van der Waals surface area contributed by atoms with Crippen LogP contribution in [0.5, 0.6) is 0 Å². The molecule has 6 heteroatoms. The van der Waals surface area contributed by atoms with Gasteiger partial charge in [0.2, 0.25) is 0 Å². The van der Waals surface area contributed by atoms with E-state index in [0.717, 1.165) is 25.7 Å². The molecule has 0 rings (SSSR count). The van der Waals surface area contributed by atoms with Crippen LogP contribution in [0.2, 0.25) is 0 Å². The number of ether oxygens (including phenoxy) is 3. The zero-order valence-electron chi connectivity index (χ0n) is 9.71. The van der Waals surface area contributed by atoms with E-state index in [2.05, 4.69) is 9.47 Å². The van der Waals surface area contributed by atoms with Crippen molar-refractivity contribution in [3.8, 4) is 0 Å². The Kier molecular flexibility index (Phi) is 11.3. The van der Waals surface area contributed by atoms with E-state index in [4.69, 9.17) is 4.74 Å². The molecular weight excluding hydrogens is 228 g/mol. The molecule has 0 amide bonds. The molecule has 0 aliphatic carbocycles. The van der Waals surface area contributed by atoms with E-state index in [1.807, 2.05) is 0 Å². The van der Waals surface area contributed by atoms with Crippen LogP contribution in [-0.2, 0) is 28.6 Å². The second-order valence-electron chi connectivity index (χ2n) is 3.45. The first-order chi connectivity index (χ1) is 8.35. The van der Waals surface area contributed by atoms with Gasteiger partial charge in [-0.3, -0.25) is 14.4 Å². The highest BCUT2D eigenvalue weighted by molar-refractivity contribution is 5.38. The summed E-state index contributed by atoms with van der Waals surface area (Å²) in [6, 6.07) is 0. The van der Waals surface area contributed by atoms with E-state index in [-0.39, 0.29) is 12.7 Å². The molecule has 0 radical (unpaired) electrons. The normalized spacial score (nSPS) is 11.3. The molecule has 0 bridgehead atoms. The van der Waals surface area contributed by atoms with Crippen LogP contribution in [0.3, 0.4) is 0 Å². The second kappa shape index (κ2) is 12.5. The highest BCUT2D eigenvalue weighted by Crippen LogP contribution is 2.08. The van der Waals surface area contributed by atoms with Crippen molar-refractivity contribution in [1.82, 2.24) is 0 Å². The van der Waals surface area contributed by atoms with Gasteiger partial charge in [0.15, 0.2) is 0 Å². The van der Waals surface area contributed by atoms with Crippen LogP contribution in [0.15, 0.2) is 0 Å². The van der Waals surface area contributed by atoms with Gasteiger partial charge in [0.05, 0.1) is 6.61 Å². The van der Waals surface area contributed by atoms with Crippen LogP contribution in [-0.4, -0.2) is 38.7 Å². The first-order valence-electron chi connectivity index (χ1n) is 5.54. The van der Waals surface area contributed by atoms with Crippen molar-refractivity contribution in [3.63, 3.8) is 0 Å². The maximum atomic E-state index is 10.2. The topological polar surface area (TPSA) is 78.9 Å². The SMILES string of the molecule is O=COCCCCCCC(COC=O)OC=O.